The predicted octanol–water partition coefficient (Wildman–Crippen LogP) is 1.17. The zero-order chi connectivity index (χ0) is 12.3. The Morgan fingerprint density at radius 3 is 2.75 bits per heavy atom. The number of carbonyl (C=O) groups excluding carboxylic acids is 1. The monoisotopic (exact) mass is 241 g/mol. The summed E-state index contributed by atoms with van der Waals surface area (Å²) in [5, 5.41) is 2.75. The van der Waals surface area contributed by atoms with E-state index in [0.29, 0.717) is 12.1 Å². The van der Waals surface area contributed by atoms with Gasteiger partial charge < -0.3 is 15.5 Å². The Bertz CT molecular complexity index is 416. The normalized spacial score (nSPS) is 14.2. The molecule has 0 spiro atoms. The summed E-state index contributed by atoms with van der Waals surface area (Å²) in [5.74, 6) is -0.164. The molecule has 0 saturated heterocycles. The van der Waals surface area contributed by atoms with Gasteiger partial charge in [0.1, 0.15) is 0 Å². The van der Waals surface area contributed by atoms with Crippen molar-refractivity contribution in [2.24, 2.45) is 5.73 Å². The van der Waals surface area contributed by atoms with Crippen molar-refractivity contribution in [3.63, 3.8) is 0 Å². The van der Waals surface area contributed by atoms with E-state index in [1.165, 1.54) is 6.39 Å². The van der Waals surface area contributed by atoms with E-state index in [4.69, 9.17) is 22.4 Å². The number of nitrogens with zero attached hydrogens (tertiary/aromatic N) is 1. The van der Waals surface area contributed by atoms with Gasteiger partial charge in [-0.15, -0.1) is 0 Å². The Labute approximate surface area is 99.4 Å². The Morgan fingerprint density at radius 1 is 1.75 bits per heavy atom. The first kappa shape index (κ1) is 12.6. The largest absolute Gasteiger partial charge is 0.438 e. The van der Waals surface area contributed by atoms with Gasteiger partial charge in [0.25, 0.3) is 5.91 Å². The fraction of sp³-hybridized carbons (Fsp3) is 0.500. The molecular formula is C10H15N3O2S. The van der Waals surface area contributed by atoms with Crippen LogP contribution in [0.5, 0.6) is 0 Å². The van der Waals surface area contributed by atoms with Crippen LogP contribution in [0.4, 0.5) is 0 Å². The van der Waals surface area contributed by atoms with Crippen LogP contribution in [-0.4, -0.2) is 21.4 Å². The summed E-state index contributed by atoms with van der Waals surface area (Å²) in [4.78, 5) is 15.9. The summed E-state index contributed by atoms with van der Waals surface area (Å²) in [6.45, 7) is 5.37. The topological polar surface area (TPSA) is 81.2 Å². The third-order valence-corrected chi connectivity index (χ3v) is 3.04. The number of hydrogen-bond donors (Lipinski definition) is 2. The molecular weight excluding hydrogens is 226 g/mol. The molecule has 0 saturated carbocycles. The van der Waals surface area contributed by atoms with Crippen LogP contribution in [0.1, 0.15) is 36.5 Å². The van der Waals surface area contributed by atoms with Gasteiger partial charge in [0.05, 0.1) is 16.2 Å². The van der Waals surface area contributed by atoms with Crippen LogP contribution in [0.2, 0.25) is 0 Å². The van der Waals surface area contributed by atoms with Crippen LogP contribution in [0, 0.1) is 6.92 Å². The number of amides is 1. The highest BCUT2D eigenvalue weighted by Gasteiger charge is 2.29. The van der Waals surface area contributed by atoms with Gasteiger partial charge in [-0.1, -0.05) is 19.1 Å². The number of thiocarbonyl (C=S) groups is 1. The summed E-state index contributed by atoms with van der Waals surface area (Å²) in [7, 11) is 0. The molecule has 0 aliphatic rings. The Morgan fingerprint density at radius 2 is 2.38 bits per heavy atom. The molecule has 6 heteroatoms. The molecule has 5 nitrogen and oxygen atoms in total. The highest BCUT2D eigenvalue weighted by atomic mass is 32.1. The number of aromatic nitrogens is 1. The molecule has 1 amide bonds. The Balaban J connectivity index is 2.86. The Kier molecular flexibility index (Phi) is 3.64. The number of aryl methyl sites for hydroxylation is 1. The maximum absolute atomic E-state index is 11.8. The fourth-order valence-corrected chi connectivity index (χ4v) is 1.35. The first-order valence-corrected chi connectivity index (χ1v) is 5.34. The van der Waals surface area contributed by atoms with Crippen molar-refractivity contribution < 1.29 is 9.21 Å². The lowest BCUT2D eigenvalue weighted by Gasteiger charge is -2.27. The number of rotatable bonds is 4. The van der Waals surface area contributed by atoms with Crippen molar-refractivity contribution in [3.8, 4) is 0 Å². The van der Waals surface area contributed by atoms with Gasteiger partial charge in [0.2, 0.25) is 5.76 Å². The van der Waals surface area contributed by atoms with Crippen LogP contribution in [0.3, 0.4) is 0 Å². The van der Waals surface area contributed by atoms with E-state index < -0.39 is 5.54 Å². The minimum absolute atomic E-state index is 0.191. The SMILES string of the molecule is CCC(C)(NC(=O)c1ocnc1C)C(N)=S. The molecule has 1 aromatic rings. The molecule has 1 unspecified atom stereocenters. The zero-order valence-corrected chi connectivity index (χ0v) is 10.4. The molecule has 0 radical (unpaired) electrons. The van der Waals surface area contributed by atoms with Crippen LogP contribution in [0.15, 0.2) is 10.8 Å². The standard InChI is InChI=1S/C10H15N3O2S/c1-4-10(3,9(11)16)13-8(14)7-6(2)12-5-15-7/h5H,4H2,1-3H3,(H2,11,16)(H,13,14). The lowest BCUT2D eigenvalue weighted by molar-refractivity contribution is 0.0897. The molecule has 0 fully saturated rings. The minimum Gasteiger partial charge on any atom is -0.438 e. The number of carbonyl (C=O) groups is 1. The van der Waals surface area contributed by atoms with Gasteiger partial charge in [0.15, 0.2) is 6.39 Å². The quantitative estimate of drug-likeness (QED) is 0.773. The van der Waals surface area contributed by atoms with E-state index >= 15 is 0 Å². The van der Waals surface area contributed by atoms with Gasteiger partial charge in [0, 0.05) is 0 Å². The highest BCUT2D eigenvalue weighted by molar-refractivity contribution is 7.80. The van der Waals surface area contributed by atoms with Crippen molar-refractivity contribution in [2.45, 2.75) is 32.7 Å². The smallest absolute Gasteiger partial charge is 0.289 e. The van der Waals surface area contributed by atoms with E-state index in [1.807, 2.05) is 6.92 Å². The summed E-state index contributed by atoms with van der Waals surface area (Å²) in [5.41, 5.74) is 5.43. The van der Waals surface area contributed by atoms with Gasteiger partial charge in [-0.25, -0.2) is 4.98 Å². The zero-order valence-electron chi connectivity index (χ0n) is 9.53. The molecule has 0 aromatic carbocycles. The number of hydrogen-bond acceptors (Lipinski definition) is 4. The molecule has 0 aliphatic carbocycles. The molecule has 0 bridgehead atoms. The summed E-state index contributed by atoms with van der Waals surface area (Å²) in [6, 6.07) is 0. The van der Waals surface area contributed by atoms with Gasteiger partial charge in [-0.2, -0.15) is 0 Å². The van der Waals surface area contributed by atoms with E-state index in [-0.39, 0.29) is 16.7 Å². The highest BCUT2D eigenvalue weighted by Crippen LogP contribution is 2.12. The van der Waals surface area contributed by atoms with E-state index in [2.05, 4.69) is 10.3 Å². The van der Waals surface area contributed by atoms with E-state index in [0.717, 1.165) is 0 Å². The summed E-state index contributed by atoms with van der Waals surface area (Å²) < 4.78 is 4.99. The van der Waals surface area contributed by atoms with Crippen molar-refractivity contribution in [1.82, 2.24) is 10.3 Å². The molecule has 3 N–H and O–H groups in total. The second-order valence-corrected chi connectivity index (χ2v) is 4.21. The van der Waals surface area contributed by atoms with Crippen molar-refractivity contribution in [3.05, 3.63) is 17.8 Å². The van der Waals surface area contributed by atoms with Gasteiger partial charge in [-0.3, -0.25) is 4.79 Å². The van der Waals surface area contributed by atoms with Gasteiger partial charge >= 0.3 is 0 Å². The number of nitrogens with one attached hydrogen (secondary N) is 1. The maximum Gasteiger partial charge on any atom is 0.289 e. The lowest BCUT2D eigenvalue weighted by Crippen LogP contribution is -2.54. The van der Waals surface area contributed by atoms with Crippen molar-refractivity contribution in [1.29, 1.82) is 0 Å². The van der Waals surface area contributed by atoms with Gasteiger partial charge in [-0.05, 0) is 20.3 Å². The molecule has 1 rings (SSSR count). The van der Waals surface area contributed by atoms with Crippen LogP contribution in [0.25, 0.3) is 0 Å². The second-order valence-electron chi connectivity index (χ2n) is 3.77. The van der Waals surface area contributed by atoms with Crippen molar-refractivity contribution in [2.75, 3.05) is 0 Å². The summed E-state index contributed by atoms with van der Waals surface area (Å²) >= 11 is 4.93. The average molecular weight is 241 g/mol. The molecule has 1 heterocycles. The first-order valence-electron chi connectivity index (χ1n) is 4.93. The maximum atomic E-state index is 11.8. The number of oxazole rings is 1. The molecule has 0 aliphatic heterocycles. The predicted molar refractivity (Wildman–Crippen MR) is 64.2 cm³/mol. The second kappa shape index (κ2) is 4.61. The van der Waals surface area contributed by atoms with Crippen LogP contribution < -0.4 is 11.1 Å². The third kappa shape index (κ3) is 2.38. The molecule has 16 heavy (non-hydrogen) atoms. The lowest BCUT2D eigenvalue weighted by atomic mass is 9.99. The summed E-state index contributed by atoms with van der Waals surface area (Å²) in [6.07, 6.45) is 1.84. The number of nitrogens with two attached hydrogens (primary N) is 1. The van der Waals surface area contributed by atoms with Crippen molar-refractivity contribution >= 4 is 23.1 Å². The third-order valence-electron chi connectivity index (χ3n) is 2.59. The molecule has 88 valence electrons. The van der Waals surface area contributed by atoms with E-state index in [1.54, 1.807) is 13.8 Å². The van der Waals surface area contributed by atoms with Crippen LogP contribution in [-0.2, 0) is 0 Å². The molecule has 1 atom stereocenters. The minimum atomic E-state index is -0.703. The van der Waals surface area contributed by atoms with Crippen LogP contribution >= 0.6 is 12.2 Å². The first-order chi connectivity index (χ1) is 7.40. The Hall–Kier alpha value is -1.43. The van der Waals surface area contributed by atoms with E-state index in [9.17, 15) is 4.79 Å². The average Bonchev–Trinajstić information content (AvgIpc) is 2.64. The fourth-order valence-electron chi connectivity index (χ4n) is 1.15. The molecule has 1 aromatic heterocycles.